The summed E-state index contributed by atoms with van der Waals surface area (Å²) in [4.78, 5) is 10.6. The second-order valence-corrected chi connectivity index (χ2v) is 3.96. The van der Waals surface area contributed by atoms with E-state index >= 15 is 0 Å². The molecular weight excluding hydrogens is 200 g/mol. The number of primary amides is 1. The molecule has 0 spiro atoms. The Hall–Kier alpha value is -1.51. The van der Waals surface area contributed by atoms with Crippen LogP contribution >= 0.6 is 0 Å². The molecule has 1 aromatic carbocycles. The Morgan fingerprint density at radius 1 is 1.25 bits per heavy atom. The fraction of sp³-hybridized carbons (Fsp3) is 0.462. The number of amides is 1. The number of carbonyl (C=O) groups is 1. The summed E-state index contributed by atoms with van der Waals surface area (Å²) in [6.07, 6.45) is 2.31. The monoisotopic (exact) mass is 220 g/mol. The van der Waals surface area contributed by atoms with Gasteiger partial charge in [-0.15, -0.1) is 0 Å². The van der Waals surface area contributed by atoms with Crippen molar-refractivity contribution in [1.82, 2.24) is 0 Å². The first-order valence-corrected chi connectivity index (χ1v) is 5.79. The molecule has 3 nitrogen and oxygen atoms in total. The topological polar surface area (TPSA) is 55.1 Å². The average molecular weight is 220 g/mol. The minimum atomic E-state index is -0.343. The Balaban J connectivity index is 2.63. The maximum Gasteiger partial charge on any atom is 0.236 e. The molecule has 3 N–H and O–H groups in total. The van der Waals surface area contributed by atoms with Crippen molar-refractivity contribution in [2.24, 2.45) is 5.73 Å². The van der Waals surface area contributed by atoms with Crippen LogP contribution in [0.25, 0.3) is 0 Å². The van der Waals surface area contributed by atoms with Crippen molar-refractivity contribution in [2.45, 2.75) is 32.6 Å². The molecule has 0 radical (unpaired) electrons. The first kappa shape index (κ1) is 12.6. The van der Waals surface area contributed by atoms with Crippen molar-refractivity contribution < 1.29 is 4.79 Å². The number of hydrogen-bond acceptors (Lipinski definition) is 2. The van der Waals surface area contributed by atoms with Crippen molar-refractivity contribution in [1.29, 1.82) is 0 Å². The van der Waals surface area contributed by atoms with Crippen LogP contribution in [0.4, 0.5) is 5.69 Å². The smallest absolute Gasteiger partial charge is 0.236 e. The van der Waals surface area contributed by atoms with Crippen LogP contribution < -0.4 is 11.1 Å². The van der Waals surface area contributed by atoms with Crippen molar-refractivity contribution in [3.05, 3.63) is 29.8 Å². The molecule has 88 valence electrons. The Morgan fingerprint density at radius 2 is 1.81 bits per heavy atom. The van der Waals surface area contributed by atoms with E-state index in [1.807, 2.05) is 12.1 Å². The highest BCUT2D eigenvalue weighted by Crippen LogP contribution is 2.23. The average Bonchev–Trinajstić information content (AvgIpc) is 2.29. The van der Waals surface area contributed by atoms with Gasteiger partial charge in [0.1, 0.15) is 0 Å². The molecule has 0 atom stereocenters. The largest absolute Gasteiger partial charge is 0.376 e. The lowest BCUT2D eigenvalue weighted by molar-refractivity contribution is -0.116. The fourth-order valence-electron chi connectivity index (χ4n) is 1.82. The first-order valence-electron chi connectivity index (χ1n) is 5.79. The summed E-state index contributed by atoms with van der Waals surface area (Å²) in [5.41, 5.74) is 7.35. The van der Waals surface area contributed by atoms with E-state index in [-0.39, 0.29) is 12.5 Å². The van der Waals surface area contributed by atoms with Crippen molar-refractivity contribution in [3.8, 4) is 0 Å². The lowest BCUT2D eigenvalue weighted by Gasteiger charge is -2.13. The molecule has 0 aliphatic rings. The molecule has 0 unspecified atom stereocenters. The predicted molar refractivity (Wildman–Crippen MR) is 67.4 cm³/mol. The maximum absolute atomic E-state index is 10.6. The molecule has 1 aromatic rings. The van der Waals surface area contributed by atoms with Gasteiger partial charge in [0.25, 0.3) is 0 Å². The van der Waals surface area contributed by atoms with Crippen molar-refractivity contribution >= 4 is 11.6 Å². The minimum Gasteiger partial charge on any atom is -0.376 e. The van der Waals surface area contributed by atoms with E-state index in [4.69, 9.17) is 5.73 Å². The van der Waals surface area contributed by atoms with Gasteiger partial charge in [-0.3, -0.25) is 4.79 Å². The lowest BCUT2D eigenvalue weighted by atomic mass is 9.94. The molecule has 0 saturated carbocycles. The zero-order valence-electron chi connectivity index (χ0n) is 9.99. The number of carbonyl (C=O) groups excluding carboxylic acids is 1. The summed E-state index contributed by atoms with van der Waals surface area (Å²) in [7, 11) is 0. The molecule has 1 amide bonds. The Morgan fingerprint density at radius 3 is 2.25 bits per heavy atom. The van der Waals surface area contributed by atoms with Crippen LogP contribution in [0.2, 0.25) is 0 Å². The number of benzene rings is 1. The maximum atomic E-state index is 10.6. The quantitative estimate of drug-likeness (QED) is 0.773. The highest BCUT2D eigenvalue weighted by atomic mass is 16.1. The van der Waals surface area contributed by atoms with E-state index in [1.165, 1.54) is 5.56 Å². The SMILES string of the molecule is CCC(CC)c1ccc(NCC(N)=O)cc1. The van der Waals surface area contributed by atoms with Crippen LogP contribution in [-0.2, 0) is 4.79 Å². The Bertz CT molecular complexity index is 328. The van der Waals surface area contributed by atoms with Crippen LogP contribution in [-0.4, -0.2) is 12.5 Å². The number of nitrogens with two attached hydrogens (primary N) is 1. The van der Waals surface area contributed by atoms with E-state index in [9.17, 15) is 4.79 Å². The third-order valence-corrected chi connectivity index (χ3v) is 2.83. The lowest BCUT2D eigenvalue weighted by Crippen LogP contribution is -2.21. The molecule has 0 fully saturated rings. The van der Waals surface area contributed by atoms with Gasteiger partial charge in [0.05, 0.1) is 6.54 Å². The predicted octanol–water partition coefficient (Wildman–Crippen LogP) is 2.49. The van der Waals surface area contributed by atoms with Gasteiger partial charge < -0.3 is 11.1 Å². The van der Waals surface area contributed by atoms with Crippen LogP contribution in [0, 0.1) is 0 Å². The van der Waals surface area contributed by atoms with Gasteiger partial charge >= 0.3 is 0 Å². The van der Waals surface area contributed by atoms with E-state index < -0.39 is 0 Å². The number of nitrogens with one attached hydrogen (secondary N) is 1. The third kappa shape index (κ3) is 3.57. The van der Waals surface area contributed by atoms with Gasteiger partial charge in [-0.2, -0.15) is 0 Å². The summed E-state index contributed by atoms with van der Waals surface area (Å²) in [5.74, 6) is 0.286. The van der Waals surface area contributed by atoms with E-state index in [0.29, 0.717) is 5.92 Å². The fourth-order valence-corrected chi connectivity index (χ4v) is 1.82. The highest BCUT2D eigenvalue weighted by Gasteiger charge is 2.06. The van der Waals surface area contributed by atoms with Gasteiger partial charge in [-0.1, -0.05) is 26.0 Å². The zero-order chi connectivity index (χ0) is 12.0. The second-order valence-electron chi connectivity index (χ2n) is 3.96. The first-order chi connectivity index (χ1) is 7.67. The van der Waals surface area contributed by atoms with Gasteiger partial charge in [0, 0.05) is 5.69 Å². The van der Waals surface area contributed by atoms with E-state index in [2.05, 4.69) is 31.3 Å². The minimum absolute atomic E-state index is 0.185. The number of hydrogen-bond donors (Lipinski definition) is 2. The van der Waals surface area contributed by atoms with Crippen LogP contribution in [0.3, 0.4) is 0 Å². The van der Waals surface area contributed by atoms with Gasteiger partial charge in [0.15, 0.2) is 0 Å². The molecule has 1 rings (SSSR count). The molecule has 0 saturated heterocycles. The molecular formula is C13H20N2O. The van der Waals surface area contributed by atoms with Crippen LogP contribution in [0.15, 0.2) is 24.3 Å². The van der Waals surface area contributed by atoms with Crippen LogP contribution in [0.1, 0.15) is 38.2 Å². The summed E-state index contributed by atoms with van der Waals surface area (Å²) in [6, 6.07) is 8.22. The van der Waals surface area contributed by atoms with Crippen LogP contribution in [0.5, 0.6) is 0 Å². The molecule has 0 heterocycles. The molecule has 0 aliphatic carbocycles. The van der Waals surface area contributed by atoms with Crippen molar-refractivity contribution in [2.75, 3.05) is 11.9 Å². The molecule has 3 heteroatoms. The number of rotatable bonds is 6. The van der Waals surface area contributed by atoms with E-state index in [0.717, 1.165) is 18.5 Å². The summed E-state index contributed by atoms with van der Waals surface area (Å²) in [6.45, 7) is 4.59. The summed E-state index contributed by atoms with van der Waals surface area (Å²) < 4.78 is 0. The number of anilines is 1. The van der Waals surface area contributed by atoms with Gasteiger partial charge in [0.2, 0.25) is 5.91 Å². The van der Waals surface area contributed by atoms with Gasteiger partial charge in [-0.05, 0) is 36.5 Å². The van der Waals surface area contributed by atoms with Crippen molar-refractivity contribution in [3.63, 3.8) is 0 Å². The normalized spacial score (nSPS) is 10.4. The zero-order valence-corrected chi connectivity index (χ0v) is 9.99. The molecule has 0 bridgehead atoms. The van der Waals surface area contributed by atoms with E-state index in [1.54, 1.807) is 0 Å². The van der Waals surface area contributed by atoms with Gasteiger partial charge in [-0.25, -0.2) is 0 Å². The molecule has 0 aliphatic heterocycles. The summed E-state index contributed by atoms with van der Waals surface area (Å²) >= 11 is 0. The highest BCUT2D eigenvalue weighted by molar-refractivity contribution is 5.78. The molecule has 0 aromatic heterocycles. The Labute approximate surface area is 97.0 Å². The second kappa shape index (κ2) is 6.16. The molecule has 16 heavy (non-hydrogen) atoms. The standard InChI is InChI=1S/C13H20N2O/c1-3-10(4-2)11-5-7-12(8-6-11)15-9-13(14)16/h5-8,10,15H,3-4,9H2,1-2H3,(H2,14,16). The third-order valence-electron chi connectivity index (χ3n) is 2.83. The Kier molecular flexibility index (Phi) is 4.83. The summed E-state index contributed by atoms with van der Waals surface area (Å²) in [5, 5.41) is 2.97.